The third-order valence-electron chi connectivity index (χ3n) is 7.87. The standard InChI is InChI=1S/C27H42N6O/c1-30-14-16-32(17-15-30)27-5-3-24(4-6-27)25-20-29-33(21-25)11-2-10-31-12-7-26(8-13-31)28-19-23-9-18-34-22-23/h3-6,20-21,23,26,28H,2,7-19,22H2,1H3. The largest absolute Gasteiger partial charge is 0.381 e. The zero-order chi connectivity index (χ0) is 23.2. The Labute approximate surface area is 205 Å². The number of benzene rings is 1. The van der Waals surface area contributed by atoms with Crippen molar-refractivity contribution >= 4 is 5.69 Å². The zero-order valence-electron chi connectivity index (χ0n) is 20.9. The third-order valence-corrected chi connectivity index (χ3v) is 7.87. The van der Waals surface area contributed by atoms with Crippen LogP contribution in [-0.4, -0.2) is 98.2 Å². The normalized spacial score (nSPS) is 23.1. The second-order valence-corrected chi connectivity index (χ2v) is 10.4. The van der Waals surface area contributed by atoms with Crippen molar-refractivity contribution in [1.29, 1.82) is 0 Å². The third kappa shape index (κ3) is 6.39. The fourth-order valence-corrected chi connectivity index (χ4v) is 5.46. The molecule has 0 radical (unpaired) electrons. The molecule has 1 unspecified atom stereocenters. The van der Waals surface area contributed by atoms with Gasteiger partial charge in [0.25, 0.3) is 0 Å². The van der Waals surface area contributed by atoms with Crippen molar-refractivity contribution in [3.63, 3.8) is 0 Å². The second-order valence-electron chi connectivity index (χ2n) is 10.4. The van der Waals surface area contributed by atoms with Crippen LogP contribution in [0.5, 0.6) is 0 Å². The topological polar surface area (TPSA) is 48.8 Å². The zero-order valence-corrected chi connectivity index (χ0v) is 20.9. The minimum Gasteiger partial charge on any atom is -0.381 e. The molecule has 5 rings (SSSR count). The van der Waals surface area contributed by atoms with Gasteiger partial charge in [-0.3, -0.25) is 4.68 Å². The number of ether oxygens (including phenoxy) is 1. The van der Waals surface area contributed by atoms with E-state index in [1.807, 2.05) is 6.20 Å². The number of piperidine rings is 1. The second kappa shape index (κ2) is 11.7. The predicted octanol–water partition coefficient (Wildman–Crippen LogP) is 2.78. The summed E-state index contributed by atoms with van der Waals surface area (Å²) in [6, 6.07) is 9.70. The quantitative estimate of drug-likeness (QED) is 0.613. The minimum atomic E-state index is 0.688. The van der Waals surface area contributed by atoms with E-state index in [0.29, 0.717) is 6.04 Å². The van der Waals surface area contributed by atoms with E-state index in [0.717, 1.165) is 71.4 Å². The maximum absolute atomic E-state index is 5.49. The van der Waals surface area contributed by atoms with Gasteiger partial charge in [-0.1, -0.05) is 12.1 Å². The summed E-state index contributed by atoms with van der Waals surface area (Å²) in [4.78, 5) is 7.50. The highest BCUT2D eigenvalue weighted by Gasteiger charge is 2.21. The summed E-state index contributed by atoms with van der Waals surface area (Å²) in [5, 5.41) is 8.41. The van der Waals surface area contributed by atoms with Crippen molar-refractivity contribution in [3.8, 4) is 11.1 Å². The first-order valence-corrected chi connectivity index (χ1v) is 13.3. The van der Waals surface area contributed by atoms with E-state index in [-0.39, 0.29) is 0 Å². The predicted molar refractivity (Wildman–Crippen MR) is 138 cm³/mol. The highest BCUT2D eigenvalue weighted by Crippen LogP contribution is 2.24. The van der Waals surface area contributed by atoms with Crippen LogP contribution in [0.25, 0.3) is 11.1 Å². The highest BCUT2D eigenvalue weighted by molar-refractivity contribution is 5.65. The first-order valence-electron chi connectivity index (χ1n) is 13.3. The lowest BCUT2D eigenvalue weighted by atomic mass is 10.0. The van der Waals surface area contributed by atoms with Gasteiger partial charge >= 0.3 is 0 Å². The van der Waals surface area contributed by atoms with Gasteiger partial charge in [-0.2, -0.15) is 5.10 Å². The number of aromatic nitrogens is 2. The Hall–Kier alpha value is -1.93. The van der Waals surface area contributed by atoms with E-state index < -0.39 is 0 Å². The Balaban J connectivity index is 1.01. The lowest BCUT2D eigenvalue weighted by molar-refractivity contribution is 0.175. The van der Waals surface area contributed by atoms with Gasteiger partial charge in [0.1, 0.15) is 0 Å². The van der Waals surface area contributed by atoms with Crippen molar-refractivity contribution in [2.45, 2.75) is 38.3 Å². The van der Waals surface area contributed by atoms with E-state index >= 15 is 0 Å². The summed E-state index contributed by atoms with van der Waals surface area (Å²) >= 11 is 0. The van der Waals surface area contributed by atoms with Crippen molar-refractivity contribution < 1.29 is 4.74 Å². The fourth-order valence-electron chi connectivity index (χ4n) is 5.46. The van der Waals surface area contributed by atoms with Gasteiger partial charge in [-0.05, 0) is 76.0 Å². The maximum atomic E-state index is 5.49. The van der Waals surface area contributed by atoms with Gasteiger partial charge in [-0.25, -0.2) is 0 Å². The van der Waals surface area contributed by atoms with Gasteiger partial charge in [0, 0.05) is 69.4 Å². The fraction of sp³-hybridized carbons (Fsp3) is 0.667. The molecule has 0 spiro atoms. The molecule has 1 aromatic heterocycles. The highest BCUT2D eigenvalue weighted by atomic mass is 16.5. The molecule has 0 bridgehead atoms. The Bertz CT molecular complexity index is 862. The molecule has 1 N–H and O–H groups in total. The molecule has 3 saturated heterocycles. The van der Waals surface area contributed by atoms with Crippen LogP contribution in [0.4, 0.5) is 5.69 Å². The van der Waals surface area contributed by atoms with Gasteiger partial charge < -0.3 is 24.8 Å². The molecule has 1 atom stereocenters. The Kier molecular flexibility index (Phi) is 8.17. The number of hydrogen-bond donors (Lipinski definition) is 1. The number of nitrogens with one attached hydrogen (secondary N) is 1. The number of likely N-dealkylation sites (tertiary alicyclic amines) is 1. The average molecular weight is 467 g/mol. The van der Waals surface area contributed by atoms with Crippen molar-refractivity contribution in [1.82, 2.24) is 24.9 Å². The summed E-state index contributed by atoms with van der Waals surface area (Å²) < 4.78 is 7.61. The van der Waals surface area contributed by atoms with Gasteiger partial charge in [-0.15, -0.1) is 0 Å². The number of rotatable bonds is 9. The van der Waals surface area contributed by atoms with Crippen LogP contribution in [0.1, 0.15) is 25.7 Å². The van der Waals surface area contributed by atoms with Gasteiger partial charge in [0.15, 0.2) is 0 Å². The van der Waals surface area contributed by atoms with Crippen molar-refractivity contribution in [3.05, 3.63) is 36.7 Å². The first kappa shape index (κ1) is 23.8. The van der Waals surface area contributed by atoms with E-state index in [2.05, 4.69) is 67.3 Å². The molecular weight excluding hydrogens is 424 g/mol. The molecule has 0 saturated carbocycles. The number of aryl methyl sites for hydroxylation is 1. The smallest absolute Gasteiger partial charge is 0.0568 e. The Morgan fingerprint density at radius 2 is 1.74 bits per heavy atom. The summed E-state index contributed by atoms with van der Waals surface area (Å²) in [6.07, 6.45) is 9.13. The lowest BCUT2D eigenvalue weighted by Crippen LogP contribution is -2.44. The number of piperazine rings is 1. The molecule has 0 aliphatic carbocycles. The van der Waals surface area contributed by atoms with E-state index in [4.69, 9.17) is 4.74 Å². The molecule has 3 aliphatic rings. The molecule has 3 fully saturated rings. The number of nitrogens with zero attached hydrogens (tertiary/aromatic N) is 5. The SMILES string of the molecule is CN1CCN(c2ccc(-c3cnn(CCCN4CCC(NCC5CCOC5)CC4)c3)cc2)CC1. The molecule has 186 valence electrons. The van der Waals surface area contributed by atoms with Crippen LogP contribution in [0.2, 0.25) is 0 Å². The van der Waals surface area contributed by atoms with Crippen LogP contribution < -0.4 is 10.2 Å². The van der Waals surface area contributed by atoms with Gasteiger partial charge in [0.05, 0.1) is 12.8 Å². The molecule has 0 amide bonds. The maximum Gasteiger partial charge on any atom is 0.0568 e. The number of hydrogen-bond acceptors (Lipinski definition) is 6. The van der Waals surface area contributed by atoms with E-state index in [9.17, 15) is 0 Å². The molecule has 4 heterocycles. The summed E-state index contributed by atoms with van der Waals surface area (Å²) in [6.45, 7) is 12.1. The van der Waals surface area contributed by atoms with Crippen LogP contribution in [0.15, 0.2) is 36.7 Å². The monoisotopic (exact) mass is 466 g/mol. The summed E-state index contributed by atoms with van der Waals surface area (Å²) in [7, 11) is 2.20. The van der Waals surface area contributed by atoms with Crippen LogP contribution in [-0.2, 0) is 11.3 Å². The van der Waals surface area contributed by atoms with E-state index in [1.54, 1.807) is 0 Å². The molecule has 1 aromatic carbocycles. The number of likely N-dealkylation sites (N-methyl/N-ethyl adjacent to an activating group) is 1. The lowest BCUT2D eigenvalue weighted by Gasteiger charge is -2.34. The van der Waals surface area contributed by atoms with E-state index in [1.165, 1.54) is 49.2 Å². The molecular formula is C27H42N6O. The van der Waals surface area contributed by atoms with Crippen molar-refractivity contribution in [2.75, 3.05) is 77.5 Å². The van der Waals surface area contributed by atoms with Crippen LogP contribution in [0.3, 0.4) is 0 Å². The van der Waals surface area contributed by atoms with Crippen LogP contribution in [0, 0.1) is 5.92 Å². The molecule has 7 nitrogen and oxygen atoms in total. The molecule has 2 aromatic rings. The summed E-state index contributed by atoms with van der Waals surface area (Å²) in [5.74, 6) is 0.729. The molecule has 3 aliphatic heterocycles. The minimum absolute atomic E-state index is 0.688. The van der Waals surface area contributed by atoms with Crippen molar-refractivity contribution in [2.24, 2.45) is 5.92 Å². The Morgan fingerprint density at radius 3 is 2.47 bits per heavy atom. The average Bonchev–Trinajstić information content (AvgIpc) is 3.57. The first-order chi connectivity index (χ1) is 16.7. The molecule has 7 heteroatoms. The summed E-state index contributed by atoms with van der Waals surface area (Å²) in [5.41, 5.74) is 3.79. The molecule has 34 heavy (non-hydrogen) atoms. The van der Waals surface area contributed by atoms with Gasteiger partial charge in [0.2, 0.25) is 0 Å². The number of anilines is 1. The Morgan fingerprint density at radius 1 is 0.941 bits per heavy atom. The van der Waals surface area contributed by atoms with Crippen LogP contribution >= 0.6 is 0 Å².